The lowest BCUT2D eigenvalue weighted by atomic mass is 10.0. The van der Waals surface area contributed by atoms with Crippen LogP contribution in [0.1, 0.15) is 76.5 Å². The van der Waals surface area contributed by atoms with E-state index in [0.717, 1.165) is 46.9 Å². The maximum absolute atomic E-state index is 14.9. The highest BCUT2D eigenvalue weighted by Gasteiger charge is 2.56. The van der Waals surface area contributed by atoms with Crippen LogP contribution < -0.4 is 20.7 Å². The van der Waals surface area contributed by atoms with Gasteiger partial charge in [-0.1, -0.05) is 11.3 Å². The van der Waals surface area contributed by atoms with Gasteiger partial charge in [0.15, 0.2) is 0 Å². The number of carbonyl (C=O) groups is 1. The number of alkyl halides is 2. The van der Waals surface area contributed by atoms with Gasteiger partial charge in [-0.2, -0.15) is 19.0 Å². The lowest BCUT2D eigenvalue weighted by Crippen LogP contribution is -2.54. The summed E-state index contributed by atoms with van der Waals surface area (Å²) in [5, 5.41) is 8.76. The SMILES string of the molecule is Cc1c(-n2nccn2)sc2c1c(=O)n(C1(C(=O)NS(=O)(=O)C(C)(C)C)CC1)c(=O)n2C[C@H](OC1C[C@H]2CC[C@@H](C1)O2)c1cc(F)ccc1OC(F)F. The van der Waals surface area contributed by atoms with Crippen molar-refractivity contribution in [1.82, 2.24) is 28.9 Å². The van der Waals surface area contributed by atoms with Crippen molar-refractivity contribution in [3.63, 3.8) is 0 Å². The maximum Gasteiger partial charge on any atom is 0.387 e. The number of nitrogens with zero attached hydrogens (tertiary/aromatic N) is 5. The molecule has 5 heterocycles. The third-order valence-corrected chi connectivity index (χ3v) is 13.2. The first-order valence-corrected chi connectivity index (χ1v) is 19.1. The van der Waals surface area contributed by atoms with E-state index in [9.17, 15) is 36.0 Å². The van der Waals surface area contributed by atoms with Crippen molar-refractivity contribution in [1.29, 1.82) is 0 Å². The first kappa shape index (κ1) is 36.3. The summed E-state index contributed by atoms with van der Waals surface area (Å²) in [4.78, 5) is 44.3. The van der Waals surface area contributed by atoms with E-state index in [0.29, 0.717) is 23.4 Å². The van der Waals surface area contributed by atoms with E-state index in [1.807, 2.05) is 0 Å². The smallest absolute Gasteiger partial charge is 0.387 e. The number of amides is 1. The molecule has 7 rings (SSSR count). The molecule has 3 aliphatic rings. The van der Waals surface area contributed by atoms with E-state index in [-0.39, 0.29) is 46.6 Å². The third-order valence-electron chi connectivity index (χ3n) is 9.88. The van der Waals surface area contributed by atoms with Gasteiger partial charge in [-0.15, -0.1) is 4.80 Å². The van der Waals surface area contributed by atoms with Crippen molar-refractivity contribution >= 4 is 37.5 Å². The summed E-state index contributed by atoms with van der Waals surface area (Å²) in [6, 6.07) is 3.02. The number of aromatic nitrogens is 5. The minimum atomic E-state index is -4.24. The molecule has 0 radical (unpaired) electrons. The first-order chi connectivity index (χ1) is 24.5. The minimum Gasteiger partial charge on any atom is -0.434 e. The van der Waals surface area contributed by atoms with E-state index in [1.165, 1.54) is 42.5 Å². The van der Waals surface area contributed by atoms with Gasteiger partial charge < -0.3 is 14.2 Å². The van der Waals surface area contributed by atoms with Gasteiger partial charge in [0.2, 0.25) is 10.0 Å². The van der Waals surface area contributed by atoms with Gasteiger partial charge in [-0.25, -0.2) is 22.2 Å². The predicted octanol–water partition coefficient (Wildman–Crippen LogP) is 4.06. The van der Waals surface area contributed by atoms with Crippen molar-refractivity contribution in [2.45, 2.75) is 114 Å². The number of hydrogen-bond donors (Lipinski definition) is 1. The summed E-state index contributed by atoms with van der Waals surface area (Å²) in [7, 11) is -4.24. The second-order valence-corrected chi connectivity index (χ2v) is 17.8. The molecule has 3 fully saturated rings. The molecule has 19 heteroatoms. The Morgan fingerprint density at radius 2 is 1.79 bits per heavy atom. The fourth-order valence-electron chi connectivity index (χ4n) is 6.93. The van der Waals surface area contributed by atoms with Crippen LogP contribution in [0.2, 0.25) is 0 Å². The number of aryl methyl sites for hydroxylation is 1. The number of carbonyl (C=O) groups excluding carboxylic acids is 1. The first-order valence-electron chi connectivity index (χ1n) is 16.8. The Hall–Kier alpha value is -4.07. The summed E-state index contributed by atoms with van der Waals surface area (Å²) in [5.74, 6) is -2.19. The zero-order valence-corrected chi connectivity index (χ0v) is 30.3. The Morgan fingerprint density at radius 1 is 1.13 bits per heavy atom. The number of halogens is 3. The van der Waals surface area contributed by atoms with Crippen LogP contribution in [0.4, 0.5) is 13.2 Å². The van der Waals surface area contributed by atoms with E-state index in [4.69, 9.17) is 14.2 Å². The Kier molecular flexibility index (Phi) is 9.14. The number of benzene rings is 1. The van der Waals surface area contributed by atoms with Crippen LogP contribution in [-0.2, 0) is 36.4 Å². The summed E-state index contributed by atoms with van der Waals surface area (Å²) in [6.07, 6.45) is 3.45. The van der Waals surface area contributed by atoms with Crippen molar-refractivity contribution in [2.75, 3.05) is 0 Å². The minimum absolute atomic E-state index is 0.0169. The predicted molar refractivity (Wildman–Crippen MR) is 182 cm³/mol. The second kappa shape index (κ2) is 13.1. The van der Waals surface area contributed by atoms with Crippen molar-refractivity contribution in [2.24, 2.45) is 0 Å². The summed E-state index contributed by atoms with van der Waals surface area (Å²) >= 11 is 1.00. The van der Waals surface area contributed by atoms with Gasteiger partial charge in [0, 0.05) is 11.1 Å². The van der Waals surface area contributed by atoms with E-state index in [2.05, 4.69) is 14.9 Å². The fourth-order valence-corrected chi connectivity index (χ4v) is 8.89. The molecular formula is C33H37F3N6O8S2. The average molecular weight is 767 g/mol. The molecule has 280 valence electrons. The van der Waals surface area contributed by atoms with Gasteiger partial charge >= 0.3 is 12.3 Å². The van der Waals surface area contributed by atoms with Crippen LogP contribution in [0.5, 0.6) is 5.75 Å². The second-order valence-electron chi connectivity index (χ2n) is 14.4. The number of sulfonamides is 1. The van der Waals surface area contributed by atoms with Gasteiger partial charge in [-0.05, 0) is 84.4 Å². The standard InChI is InChI=1S/C33H37F3N6O8S2/c1-17-25-26(43)41(33(9-10-33)29(44)39-52(46,47)32(2,3)4)31(45)40(28(25)51-27(17)42-37-11-12-38-42)16-24(49-21-14-19-6-7-20(15-21)48-19)22-13-18(34)5-8-23(22)50-30(35)36/h5,8,11-13,19-21,24,30H,6-7,9-10,14-16H2,1-4H3,(H,39,44)/t19-,20+,21?,24-/m0/s1. The van der Waals surface area contributed by atoms with Crippen molar-refractivity contribution in [3.05, 3.63) is 68.4 Å². The van der Waals surface area contributed by atoms with Gasteiger partial charge in [-0.3, -0.25) is 18.9 Å². The van der Waals surface area contributed by atoms with Crippen LogP contribution >= 0.6 is 11.3 Å². The van der Waals surface area contributed by atoms with E-state index in [1.54, 1.807) is 6.92 Å². The van der Waals surface area contributed by atoms with Crippen LogP contribution in [-0.4, -0.2) is 68.1 Å². The fraction of sp³-hybridized carbons (Fsp3) is 0.545. The molecule has 2 saturated heterocycles. The van der Waals surface area contributed by atoms with Gasteiger partial charge in [0.05, 0.1) is 47.4 Å². The Morgan fingerprint density at radius 3 is 2.38 bits per heavy atom. The molecule has 1 saturated carbocycles. The lowest BCUT2D eigenvalue weighted by Gasteiger charge is -2.32. The van der Waals surface area contributed by atoms with Crippen LogP contribution in [0.15, 0.2) is 40.2 Å². The quantitative estimate of drug-likeness (QED) is 0.236. The molecule has 1 unspecified atom stereocenters. The third kappa shape index (κ3) is 6.45. The largest absolute Gasteiger partial charge is 0.434 e. The molecule has 4 atom stereocenters. The normalized spacial score (nSPS) is 21.8. The summed E-state index contributed by atoms with van der Waals surface area (Å²) in [5.41, 5.74) is -3.40. The van der Waals surface area contributed by atoms with E-state index >= 15 is 0 Å². The lowest BCUT2D eigenvalue weighted by molar-refractivity contribution is -0.124. The molecule has 1 N–H and O–H groups in total. The van der Waals surface area contributed by atoms with Gasteiger partial charge in [0.25, 0.3) is 11.5 Å². The van der Waals surface area contributed by atoms with Crippen LogP contribution in [0.3, 0.4) is 0 Å². The van der Waals surface area contributed by atoms with Crippen molar-refractivity contribution in [3.8, 4) is 10.8 Å². The Balaban J connectivity index is 1.42. The number of nitrogens with one attached hydrogen (secondary N) is 1. The molecular weight excluding hydrogens is 730 g/mol. The number of thiophene rings is 1. The van der Waals surface area contributed by atoms with Crippen molar-refractivity contribution < 1.29 is 40.6 Å². The zero-order chi connectivity index (χ0) is 37.3. The highest BCUT2D eigenvalue weighted by atomic mass is 32.2. The van der Waals surface area contributed by atoms with Crippen LogP contribution in [0, 0.1) is 12.7 Å². The Labute approximate surface area is 299 Å². The summed E-state index contributed by atoms with van der Waals surface area (Å²) < 4.78 is 88.2. The maximum atomic E-state index is 14.9. The molecule has 1 aromatic carbocycles. The molecule has 4 aromatic rings. The average Bonchev–Trinajstić information content (AvgIpc) is 3.33. The monoisotopic (exact) mass is 766 g/mol. The van der Waals surface area contributed by atoms with Gasteiger partial charge in [0.1, 0.15) is 33.0 Å². The molecule has 1 amide bonds. The Bertz CT molecular complexity index is 2250. The molecule has 0 spiro atoms. The number of hydrogen-bond acceptors (Lipinski definition) is 11. The number of rotatable bonds is 11. The van der Waals surface area contributed by atoms with Crippen LogP contribution in [0.25, 0.3) is 15.2 Å². The number of ether oxygens (including phenoxy) is 3. The van der Waals surface area contributed by atoms with E-state index < -0.39 is 68.6 Å². The molecule has 2 bridgehead atoms. The topological polar surface area (TPSA) is 166 Å². The number of fused-ring (bicyclic) bond motifs is 3. The molecule has 1 aliphatic carbocycles. The molecule has 14 nitrogen and oxygen atoms in total. The molecule has 52 heavy (non-hydrogen) atoms. The zero-order valence-electron chi connectivity index (χ0n) is 28.7. The summed E-state index contributed by atoms with van der Waals surface area (Å²) in [6.45, 7) is 2.12. The molecule has 3 aromatic heterocycles. The highest BCUT2D eigenvalue weighted by Crippen LogP contribution is 2.44. The highest BCUT2D eigenvalue weighted by molar-refractivity contribution is 7.91. The molecule has 2 aliphatic heterocycles.